The van der Waals surface area contributed by atoms with Crippen molar-refractivity contribution in [2.24, 2.45) is 5.92 Å². The van der Waals surface area contributed by atoms with E-state index in [-0.39, 0.29) is 6.04 Å². The summed E-state index contributed by atoms with van der Waals surface area (Å²) < 4.78 is 0. The van der Waals surface area contributed by atoms with Gasteiger partial charge in [0.05, 0.1) is 0 Å². The highest BCUT2D eigenvalue weighted by Gasteiger charge is 2.24. The predicted octanol–water partition coefficient (Wildman–Crippen LogP) is 2.02. The van der Waals surface area contributed by atoms with Gasteiger partial charge in [-0.1, -0.05) is 26.7 Å². The molecular formula is C11H21NO2. The van der Waals surface area contributed by atoms with Crippen LogP contribution in [-0.2, 0) is 4.79 Å². The Hall–Kier alpha value is -0.570. The van der Waals surface area contributed by atoms with Gasteiger partial charge < -0.3 is 10.4 Å². The normalized spacial score (nSPS) is 20.2. The Morgan fingerprint density at radius 2 is 2.00 bits per heavy atom. The van der Waals surface area contributed by atoms with Crippen molar-refractivity contribution in [1.82, 2.24) is 5.32 Å². The molecule has 0 aromatic rings. The van der Waals surface area contributed by atoms with Crippen LogP contribution >= 0.6 is 0 Å². The third-order valence-electron chi connectivity index (χ3n) is 2.80. The molecular weight excluding hydrogens is 178 g/mol. The van der Waals surface area contributed by atoms with Crippen molar-refractivity contribution in [3.05, 3.63) is 0 Å². The Morgan fingerprint density at radius 1 is 1.43 bits per heavy atom. The van der Waals surface area contributed by atoms with E-state index in [0.29, 0.717) is 12.0 Å². The van der Waals surface area contributed by atoms with Crippen molar-refractivity contribution in [2.45, 2.75) is 58.0 Å². The molecule has 0 unspecified atom stereocenters. The maximum Gasteiger partial charge on any atom is 0.320 e. The van der Waals surface area contributed by atoms with Gasteiger partial charge in [0.1, 0.15) is 6.04 Å². The summed E-state index contributed by atoms with van der Waals surface area (Å²) in [6.07, 6.45) is 5.49. The first-order chi connectivity index (χ1) is 6.59. The van der Waals surface area contributed by atoms with E-state index in [4.69, 9.17) is 5.11 Å². The van der Waals surface area contributed by atoms with Gasteiger partial charge in [-0.2, -0.15) is 0 Å². The van der Waals surface area contributed by atoms with Crippen LogP contribution in [0.5, 0.6) is 0 Å². The van der Waals surface area contributed by atoms with Crippen molar-refractivity contribution < 1.29 is 9.90 Å². The summed E-state index contributed by atoms with van der Waals surface area (Å²) in [7, 11) is 0. The second-order valence-electron chi connectivity index (χ2n) is 4.67. The highest BCUT2D eigenvalue weighted by atomic mass is 16.4. The minimum absolute atomic E-state index is 0.349. The van der Waals surface area contributed by atoms with E-state index in [0.717, 1.165) is 19.3 Å². The highest BCUT2D eigenvalue weighted by Crippen LogP contribution is 2.19. The van der Waals surface area contributed by atoms with Crippen LogP contribution < -0.4 is 5.32 Å². The lowest BCUT2D eigenvalue weighted by molar-refractivity contribution is -0.140. The average molecular weight is 199 g/mol. The second kappa shape index (κ2) is 5.35. The molecule has 0 saturated heterocycles. The van der Waals surface area contributed by atoms with Gasteiger partial charge in [0.2, 0.25) is 0 Å². The number of carbonyl (C=O) groups is 1. The molecule has 1 rings (SSSR count). The molecule has 1 aliphatic rings. The zero-order chi connectivity index (χ0) is 10.6. The third-order valence-corrected chi connectivity index (χ3v) is 2.80. The van der Waals surface area contributed by atoms with Crippen LogP contribution in [0.3, 0.4) is 0 Å². The van der Waals surface area contributed by atoms with E-state index in [1.54, 1.807) is 0 Å². The van der Waals surface area contributed by atoms with E-state index in [9.17, 15) is 4.79 Å². The quantitative estimate of drug-likeness (QED) is 0.712. The van der Waals surface area contributed by atoms with Crippen LogP contribution in [-0.4, -0.2) is 23.2 Å². The van der Waals surface area contributed by atoms with E-state index in [2.05, 4.69) is 19.2 Å². The Labute approximate surface area is 85.9 Å². The molecule has 1 aliphatic carbocycles. The summed E-state index contributed by atoms with van der Waals surface area (Å²) in [5.41, 5.74) is 0. The lowest BCUT2D eigenvalue weighted by atomic mass is 10.0. The number of carboxylic acid groups (broad SMARTS) is 1. The van der Waals surface area contributed by atoms with Crippen molar-refractivity contribution >= 4 is 5.97 Å². The minimum Gasteiger partial charge on any atom is -0.480 e. The molecule has 0 aromatic carbocycles. The first kappa shape index (κ1) is 11.5. The summed E-state index contributed by atoms with van der Waals surface area (Å²) in [4.78, 5) is 11.0. The molecule has 0 aliphatic heterocycles. The van der Waals surface area contributed by atoms with Crippen molar-refractivity contribution in [1.29, 1.82) is 0 Å². The molecule has 0 heterocycles. The van der Waals surface area contributed by atoms with Crippen LogP contribution in [0, 0.1) is 5.92 Å². The van der Waals surface area contributed by atoms with Gasteiger partial charge in [0.25, 0.3) is 0 Å². The Bertz CT molecular complexity index is 186. The highest BCUT2D eigenvalue weighted by molar-refractivity contribution is 5.73. The van der Waals surface area contributed by atoms with Gasteiger partial charge in [0, 0.05) is 6.04 Å². The molecule has 0 bridgehead atoms. The molecule has 14 heavy (non-hydrogen) atoms. The maximum absolute atomic E-state index is 11.0. The van der Waals surface area contributed by atoms with Gasteiger partial charge in [0.15, 0.2) is 0 Å². The van der Waals surface area contributed by atoms with Crippen molar-refractivity contribution in [2.75, 3.05) is 0 Å². The number of nitrogens with one attached hydrogen (secondary N) is 1. The van der Waals surface area contributed by atoms with Crippen molar-refractivity contribution in [3.63, 3.8) is 0 Å². The van der Waals surface area contributed by atoms with Crippen LogP contribution in [0.4, 0.5) is 0 Å². The molecule has 0 spiro atoms. The molecule has 1 saturated carbocycles. The van der Waals surface area contributed by atoms with Gasteiger partial charge in [-0.15, -0.1) is 0 Å². The number of aliphatic carboxylic acids is 1. The number of carboxylic acids is 1. The van der Waals surface area contributed by atoms with Gasteiger partial charge in [-0.3, -0.25) is 4.79 Å². The average Bonchev–Trinajstić information content (AvgIpc) is 2.54. The summed E-state index contributed by atoms with van der Waals surface area (Å²) in [6, 6.07) is 0.0907. The summed E-state index contributed by atoms with van der Waals surface area (Å²) in [5.74, 6) is -0.268. The largest absolute Gasteiger partial charge is 0.480 e. The lowest BCUT2D eigenvalue weighted by Crippen LogP contribution is -2.42. The Kier molecular flexibility index (Phi) is 4.39. The van der Waals surface area contributed by atoms with Crippen LogP contribution in [0.1, 0.15) is 46.0 Å². The van der Waals surface area contributed by atoms with Gasteiger partial charge >= 0.3 is 5.97 Å². The van der Waals surface area contributed by atoms with E-state index in [1.807, 2.05) is 0 Å². The Balaban J connectivity index is 2.37. The van der Waals surface area contributed by atoms with Gasteiger partial charge in [-0.05, 0) is 25.2 Å². The standard InChI is InChI=1S/C11H21NO2/c1-8(2)7-10(11(13)14)12-9-5-3-4-6-9/h8-10,12H,3-7H2,1-2H3,(H,13,14)/t10-/m0/s1. The minimum atomic E-state index is -0.703. The van der Waals surface area contributed by atoms with Crippen LogP contribution in [0.15, 0.2) is 0 Å². The maximum atomic E-state index is 11.0. The fraction of sp³-hybridized carbons (Fsp3) is 0.909. The first-order valence-electron chi connectivity index (χ1n) is 5.58. The summed E-state index contributed by atoms with van der Waals surface area (Å²) >= 11 is 0. The molecule has 0 radical (unpaired) electrons. The summed E-state index contributed by atoms with van der Waals surface area (Å²) in [6.45, 7) is 4.12. The monoisotopic (exact) mass is 199 g/mol. The zero-order valence-electron chi connectivity index (χ0n) is 9.12. The fourth-order valence-electron chi connectivity index (χ4n) is 2.09. The molecule has 82 valence electrons. The van der Waals surface area contributed by atoms with Gasteiger partial charge in [-0.25, -0.2) is 0 Å². The van der Waals surface area contributed by atoms with Crippen LogP contribution in [0.2, 0.25) is 0 Å². The molecule has 3 nitrogen and oxygen atoms in total. The van der Waals surface area contributed by atoms with E-state index >= 15 is 0 Å². The molecule has 3 heteroatoms. The predicted molar refractivity (Wildman–Crippen MR) is 56.3 cm³/mol. The van der Waals surface area contributed by atoms with E-state index in [1.165, 1.54) is 12.8 Å². The second-order valence-corrected chi connectivity index (χ2v) is 4.67. The number of hydrogen-bond acceptors (Lipinski definition) is 2. The smallest absolute Gasteiger partial charge is 0.320 e. The third kappa shape index (κ3) is 3.66. The van der Waals surface area contributed by atoms with Crippen LogP contribution in [0.25, 0.3) is 0 Å². The lowest BCUT2D eigenvalue weighted by Gasteiger charge is -2.20. The number of rotatable bonds is 5. The SMILES string of the molecule is CC(C)C[C@H](NC1CCCC1)C(=O)O. The zero-order valence-corrected chi connectivity index (χ0v) is 9.12. The molecule has 2 N–H and O–H groups in total. The number of hydrogen-bond donors (Lipinski definition) is 2. The van der Waals surface area contributed by atoms with E-state index < -0.39 is 5.97 Å². The molecule has 1 atom stereocenters. The fourth-order valence-corrected chi connectivity index (χ4v) is 2.09. The summed E-state index contributed by atoms with van der Waals surface area (Å²) in [5, 5.41) is 12.3. The molecule has 0 aromatic heterocycles. The Morgan fingerprint density at radius 3 is 2.43 bits per heavy atom. The molecule has 1 fully saturated rings. The first-order valence-corrected chi connectivity index (χ1v) is 5.58. The molecule has 0 amide bonds. The topological polar surface area (TPSA) is 49.3 Å². The van der Waals surface area contributed by atoms with Crippen molar-refractivity contribution in [3.8, 4) is 0 Å².